The molecule has 1 unspecified atom stereocenters. The Morgan fingerprint density at radius 1 is 1.09 bits per heavy atom. The molecular formula is C25H32Cl2N2O4S. The molecule has 0 aliphatic carbocycles. The van der Waals surface area contributed by atoms with Crippen molar-refractivity contribution in [1.29, 1.82) is 0 Å². The second-order valence-corrected chi connectivity index (χ2v) is 11.9. The van der Waals surface area contributed by atoms with Gasteiger partial charge in [0.1, 0.15) is 5.75 Å². The van der Waals surface area contributed by atoms with Crippen LogP contribution in [0.1, 0.15) is 50.3 Å². The van der Waals surface area contributed by atoms with E-state index in [2.05, 4.69) is 19.2 Å². The van der Waals surface area contributed by atoms with E-state index in [1.807, 2.05) is 24.3 Å². The van der Waals surface area contributed by atoms with Crippen molar-refractivity contribution in [2.24, 2.45) is 11.8 Å². The third-order valence-corrected chi connectivity index (χ3v) is 8.68. The molecule has 0 radical (unpaired) electrons. The molecule has 1 aliphatic rings. The van der Waals surface area contributed by atoms with Crippen LogP contribution in [-0.4, -0.2) is 38.8 Å². The predicted octanol–water partition coefficient (Wildman–Crippen LogP) is 5.45. The maximum Gasteiger partial charge on any atom is 0.223 e. The number of amides is 1. The summed E-state index contributed by atoms with van der Waals surface area (Å²) in [4.78, 5) is 13.1. The van der Waals surface area contributed by atoms with E-state index in [4.69, 9.17) is 27.9 Å². The lowest BCUT2D eigenvalue weighted by Gasteiger charge is -2.32. The first kappa shape index (κ1) is 26.8. The van der Waals surface area contributed by atoms with E-state index in [1.165, 1.54) is 4.31 Å². The summed E-state index contributed by atoms with van der Waals surface area (Å²) in [5.74, 6) is 0.787. The highest BCUT2D eigenvalue weighted by atomic mass is 35.5. The molecule has 0 saturated carbocycles. The third kappa shape index (κ3) is 7.11. The number of ether oxygens (including phenoxy) is 1. The van der Waals surface area contributed by atoms with Gasteiger partial charge in [-0.2, -0.15) is 0 Å². The number of hydrogen-bond acceptors (Lipinski definition) is 4. The summed E-state index contributed by atoms with van der Waals surface area (Å²) in [5.41, 5.74) is 1.62. The number of carbonyl (C=O) groups is 1. The van der Waals surface area contributed by atoms with E-state index < -0.39 is 10.0 Å². The van der Waals surface area contributed by atoms with Crippen LogP contribution in [0.15, 0.2) is 42.5 Å². The van der Waals surface area contributed by atoms with E-state index in [9.17, 15) is 13.2 Å². The summed E-state index contributed by atoms with van der Waals surface area (Å²) >= 11 is 12.0. The van der Waals surface area contributed by atoms with E-state index in [-0.39, 0.29) is 23.6 Å². The molecule has 2 aromatic carbocycles. The molecule has 1 amide bonds. The molecule has 2 aromatic rings. The number of halogens is 2. The highest BCUT2D eigenvalue weighted by Crippen LogP contribution is 2.28. The largest absolute Gasteiger partial charge is 0.497 e. The average Bonchev–Trinajstić information content (AvgIpc) is 2.80. The van der Waals surface area contributed by atoms with Crippen LogP contribution in [0, 0.1) is 11.8 Å². The van der Waals surface area contributed by atoms with Gasteiger partial charge >= 0.3 is 0 Å². The Balaban J connectivity index is 1.60. The van der Waals surface area contributed by atoms with Gasteiger partial charge in [-0.25, -0.2) is 12.7 Å². The molecule has 1 fully saturated rings. The Kier molecular flexibility index (Phi) is 9.27. The summed E-state index contributed by atoms with van der Waals surface area (Å²) in [5, 5.41) is 3.92. The summed E-state index contributed by atoms with van der Waals surface area (Å²) in [6.07, 6.45) is 1.79. The SMILES string of the molecule is COc1ccc(C(CC(C)C)NC(=O)C2CCN(S(=O)(=O)Cc3ccc(Cl)c(Cl)c3)CC2)cc1. The molecule has 9 heteroatoms. The van der Waals surface area contributed by atoms with Crippen LogP contribution < -0.4 is 10.1 Å². The monoisotopic (exact) mass is 526 g/mol. The molecule has 1 heterocycles. The predicted molar refractivity (Wildman–Crippen MR) is 137 cm³/mol. The van der Waals surface area contributed by atoms with Crippen molar-refractivity contribution in [2.45, 2.75) is 44.9 Å². The molecule has 1 saturated heterocycles. The molecule has 0 bridgehead atoms. The maximum atomic E-state index is 13.1. The molecule has 1 atom stereocenters. The summed E-state index contributed by atoms with van der Waals surface area (Å²) in [6.45, 7) is 4.89. The first-order chi connectivity index (χ1) is 16.1. The number of nitrogens with zero attached hydrogens (tertiary/aromatic N) is 1. The Labute approximate surface area is 212 Å². The fourth-order valence-electron chi connectivity index (χ4n) is 4.20. The molecule has 0 aromatic heterocycles. The standard InChI is InChI=1S/C25H32Cl2N2O4S/c1-17(2)14-24(19-5-7-21(33-3)8-6-19)28-25(30)20-10-12-29(13-11-20)34(31,32)16-18-4-9-22(26)23(27)15-18/h4-9,15,17,20,24H,10-14,16H2,1-3H3,(H,28,30). The van der Waals surface area contributed by atoms with Gasteiger partial charge in [-0.05, 0) is 60.6 Å². The van der Waals surface area contributed by atoms with Crippen LogP contribution in [0.25, 0.3) is 0 Å². The van der Waals surface area contributed by atoms with Crippen LogP contribution in [0.4, 0.5) is 0 Å². The van der Waals surface area contributed by atoms with Gasteiger partial charge in [0, 0.05) is 19.0 Å². The fraction of sp³-hybridized carbons (Fsp3) is 0.480. The first-order valence-corrected chi connectivity index (χ1v) is 13.8. The van der Waals surface area contributed by atoms with Crippen molar-refractivity contribution in [3.8, 4) is 5.75 Å². The van der Waals surface area contributed by atoms with Crippen LogP contribution in [0.5, 0.6) is 5.75 Å². The molecule has 3 rings (SSSR count). The zero-order chi connectivity index (χ0) is 24.9. The van der Waals surface area contributed by atoms with Crippen LogP contribution >= 0.6 is 23.2 Å². The lowest BCUT2D eigenvalue weighted by molar-refractivity contribution is -0.127. The number of carbonyl (C=O) groups excluding carboxylic acids is 1. The Morgan fingerprint density at radius 3 is 2.29 bits per heavy atom. The maximum absolute atomic E-state index is 13.1. The number of piperidine rings is 1. The minimum atomic E-state index is -3.52. The van der Waals surface area contributed by atoms with Crippen LogP contribution in [0.3, 0.4) is 0 Å². The average molecular weight is 528 g/mol. The lowest BCUT2D eigenvalue weighted by atomic mass is 9.93. The highest BCUT2D eigenvalue weighted by Gasteiger charge is 2.32. The van der Waals surface area contributed by atoms with Crippen LogP contribution in [-0.2, 0) is 20.6 Å². The lowest BCUT2D eigenvalue weighted by Crippen LogP contribution is -2.44. The summed E-state index contributed by atoms with van der Waals surface area (Å²) < 4.78 is 32.5. The normalized spacial score (nSPS) is 16.4. The number of benzene rings is 2. The van der Waals surface area contributed by atoms with E-state index in [0.29, 0.717) is 47.5 Å². The molecule has 1 N–H and O–H groups in total. The molecule has 6 nitrogen and oxygen atoms in total. The first-order valence-electron chi connectivity index (χ1n) is 11.4. The van der Waals surface area contributed by atoms with E-state index >= 15 is 0 Å². The topological polar surface area (TPSA) is 75.7 Å². The van der Waals surface area contributed by atoms with Crippen molar-refractivity contribution < 1.29 is 17.9 Å². The molecule has 34 heavy (non-hydrogen) atoms. The van der Waals surface area contributed by atoms with Gasteiger partial charge in [-0.1, -0.05) is 55.2 Å². The minimum absolute atomic E-state index is 0.0250. The van der Waals surface area contributed by atoms with Crippen molar-refractivity contribution in [1.82, 2.24) is 9.62 Å². The zero-order valence-corrected chi connectivity index (χ0v) is 22.1. The van der Waals surface area contributed by atoms with Gasteiger partial charge in [0.15, 0.2) is 0 Å². The molecule has 186 valence electrons. The fourth-order valence-corrected chi connectivity index (χ4v) is 6.07. The highest BCUT2D eigenvalue weighted by molar-refractivity contribution is 7.88. The number of rotatable bonds is 9. The van der Waals surface area contributed by atoms with Crippen molar-refractivity contribution in [3.63, 3.8) is 0 Å². The summed E-state index contributed by atoms with van der Waals surface area (Å²) in [6, 6.07) is 12.5. The van der Waals surface area contributed by atoms with E-state index in [0.717, 1.165) is 17.7 Å². The van der Waals surface area contributed by atoms with Gasteiger partial charge in [-0.15, -0.1) is 0 Å². The number of nitrogens with one attached hydrogen (secondary N) is 1. The summed E-state index contributed by atoms with van der Waals surface area (Å²) in [7, 11) is -1.89. The Bertz CT molecular complexity index is 1080. The van der Waals surface area contributed by atoms with E-state index in [1.54, 1.807) is 25.3 Å². The Hall–Kier alpha value is -1.80. The minimum Gasteiger partial charge on any atom is -0.497 e. The molecular weight excluding hydrogens is 495 g/mol. The second kappa shape index (κ2) is 11.8. The molecule has 1 aliphatic heterocycles. The number of hydrogen-bond donors (Lipinski definition) is 1. The smallest absolute Gasteiger partial charge is 0.223 e. The second-order valence-electron chi connectivity index (χ2n) is 9.14. The number of methoxy groups -OCH3 is 1. The van der Waals surface area contributed by atoms with Gasteiger partial charge < -0.3 is 10.1 Å². The molecule has 0 spiro atoms. The third-order valence-electron chi connectivity index (χ3n) is 6.09. The van der Waals surface area contributed by atoms with Crippen LogP contribution in [0.2, 0.25) is 10.0 Å². The van der Waals surface area contributed by atoms with Crippen molar-refractivity contribution in [2.75, 3.05) is 20.2 Å². The zero-order valence-electron chi connectivity index (χ0n) is 19.8. The van der Waals surface area contributed by atoms with Gasteiger partial charge in [0.05, 0.1) is 28.9 Å². The Morgan fingerprint density at radius 2 is 1.74 bits per heavy atom. The van der Waals surface area contributed by atoms with Gasteiger partial charge in [0.25, 0.3) is 0 Å². The number of sulfonamides is 1. The van der Waals surface area contributed by atoms with Crippen molar-refractivity contribution >= 4 is 39.1 Å². The quantitative estimate of drug-likeness (QED) is 0.471. The van der Waals surface area contributed by atoms with Gasteiger partial charge in [-0.3, -0.25) is 4.79 Å². The van der Waals surface area contributed by atoms with Gasteiger partial charge in [0.2, 0.25) is 15.9 Å². The van der Waals surface area contributed by atoms with Crippen molar-refractivity contribution in [3.05, 3.63) is 63.6 Å².